The fraction of sp³-hybridized carbons (Fsp3) is 0.500. The molecule has 1 aliphatic heterocycles. The first-order valence-corrected chi connectivity index (χ1v) is 6.90. The summed E-state index contributed by atoms with van der Waals surface area (Å²) < 4.78 is 10.3. The number of hydrogen-bond acceptors (Lipinski definition) is 4. The Hall–Kier alpha value is -1.01. The summed E-state index contributed by atoms with van der Waals surface area (Å²) in [4.78, 5) is 12.2. The molecule has 0 aromatic heterocycles. The van der Waals surface area contributed by atoms with E-state index in [0.29, 0.717) is 43.4 Å². The number of nitrogens with two attached hydrogens (primary N) is 1. The van der Waals surface area contributed by atoms with Gasteiger partial charge in [-0.25, -0.2) is 0 Å². The van der Waals surface area contributed by atoms with Crippen LogP contribution >= 0.6 is 24.0 Å². The third-order valence-corrected chi connectivity index (χ3v) is 3.80. The van der Waals surface area contributed by atoms with Crippen LogP contribution in [-0.4, -0.2) is 31.8 Å². The smallest absolute Gasteiger partial charge is 0.240 e. The summed E-state index contributed by atoms with van der Waals surface area (Å²) in [5, 5.41) is 3.38. The van der Waals surface area contributed by atoms with Crippen LogP contribution in [0.15, 0.2) is 18.2 Å². The zero-order chi connectivity index (χ0) is 14.6. The number of methoxy groups -OCH3 is 1. The number of carbonyl (C=O) groups excluding carboxylic acids is 1. The van der Waals surface area contributed by atoms with Crippen LogP contribution in [-0.2, 0) is 16.1 Å². The topological polar surface area (TPSA) is 73.6 Å². The third-order valence-electron chi connectivity index (χ3n) is 3.51. The van der Waals surface area contributed by atoms with Crippen LogP contribution in [0.1, 0.15) is 18.4 Å². The van der Waals surface area contributed by atoms with Crippen molar-refractivity contribution >= 4 is 29.9 Å². The zero-order valence-corrected chi connectivity index (χ0v) is 13.4. The van der Waals surface area contributed by atoms with Crippen molar-refractivity contribution < 1.29 is 14.3 Å². The summed E-state index contributed by atoms with van der Waals surface area (Å²) in [6.07, 6.45) is 1.09. The molecule has 21 heavy (non-hydrogen) atoms. The lowest BCUT2D eigenvalue weighted by Gasteiger charge is -2.31. The highest BCUT2D eigenvalue weighted by atomic mass is 35.5. The maximum absolute atomic E-state index is 12.2. The normalized spacial score (nSPS) is 16.7. The van der Waals surface area contributed by atoms with Gasteiger partial charge in [-0.15, -0.1) is 12.4 Å². The minimum atomic E-state index is -0.825. The van der Waals surface area contributed by atoms with Crippen molar-refractivity contribution in [2.45, 2.75) is 24.9 Å². The number of nitrogens with one attached hydrogen (secondary N) is 1. The Kier molecular flexibility index (Phi) is 6.74. The molecular formula is C14H20Cl2N2O3. The van der Waals surface area contributed by atoms with Gasteiger partial charge in [0.1, 0.15) is 5.75 Å². The molecule has 1 amide bonds. The Bertz CT molecular complexity index is 491. The Morgan fingerprint density at radius 2 is 2.14 bits per heavy atom. The number of hydrogen-bond donors (Lipinski definition) is 2. The fourth-order valence-corrected chi connectivity index (χ4v) is 2.42. The van der Waals surface area contributed by atoms with E-state index >= 15 is 0 Å². The van der Waals surface area contributed by atoms with Gasteiger partial charge in [0.05, 0.1) is 17.7 Å². The van der Waals surface area contributed by atoms with Crippen molar-refractivity contribution in [3.8, 4) is 5.75 Å². The summed E-state index contributed by atoms with van der Waals surface area (Å²) >= 11 is 6.04. The molecule has 0 atom stereocenters. The summed E-state index contributed by atoms with van der Waals surface area (Å²) in [7, 11) is 1.56. The maximum Gasteiger partial charge on any atom is 0.240 e. The molecule has 0 bridgehead atoms. The minimum Gasteiger partial charge on any atom is -0.495 e. The predicted molar refractivity (Wildman–Crippen MR) is 84.1 cm³/mol. The lowest BCUT2D eigenvalue weighted by molar-refractivity contribution is -0.129. The predicted octanol–water partition coefficient (Wildman–Crippen LogP) is 1.89. The van der Waals surface area contributed by atoms with Gasteiger partial charge >= 0.3 is 0 Å². The first-order valence-electron chi connectivity index (χ1n) is 6.52. The summed E-state index contributed by atoms with van der Waals surface area (Å²) in [5.41, 5.74) is 6.18. The van der Waals surface area contributed by atoms with Crippen LogP contribution in [0.3, 0.4) is 0 Å². The van der Waals surface area contributed by atoms with Crippen molar-refractivity contribution in [1.82, 2.24) is 5.32 Å². The number of rotatable bonds is 4. The van der Waals surface area contributed by atoms with E-state index in [0.717, 1.165) is 5.56 Å². The molecule has 1 saturated heterocycles. The van der Waals surface area contributed by atoms with E-state index in [1.807, 2.05) is 6.07 Å². The minimum absolute atomic E-state index is 0. The van der Waals surface area contributed by atoms with Gasteiger partial charge in [0.25, 0.3) is 0 Å². The summed E-state index contributed by atoms with van der Waals surface area (Å²) in [6, 6.07) is 5.41. The van der Waals surface area contributed by atoms with Gasteiger partial charge in [-0.1, -0.05) is 17.7 Å². The Labute approximate surface area is 135 Å². The molecule has 1 aliphatic rings. The maximum atomic E-state index is 12.2. The van der Waals surface area contributed by atoms with Gasteiger partial charge in [0.15, 0.2) is 0 Å². The lowest BCUT2D eigenvalue weighted by Crippen LogP contribution is -2.56. The molecule has 1 aromatic carbocycles. The Morgan fingerprint density at radius 3 is 2.71 bits per heavy atom. The highest BCUT2D eigenvalue weighted by Gasteiger charge is 2.35. The SMILES string of the molecule is COc1ccc(CNC(=O)C2(N)CCOCC2)cc1Cl.Cl. The van der Waals surface area contributed by atoms with Crippen LogP contribution < -0.4 is 15.8 Å². The van der Waals surface area contributed by atoms with Crippen LogP contribution in [0.5, 0.6) is 5.75 Å². The van der Waals surface area contributed by atoms with Gasteiger partial charge < -0.3 is 20.5 Å². The first kappa shape index (κ1) is 18.0. The molecule has 0 unspecified atom stereocenters. The molecule has 5 nitrogen and oxygen atoms in total. The van der Waals surface area contributed by atoms with E-state index in [4.69, 9.17) is 26.8 Å². The van der Waals surface area contributed by atoms with Crippen LogP contribution in [0.4, 0.5) is 0 Å². The van der Waals surface area contributed by atoms with Gasteiger partial charge in [-0.3, -0.25) is 4.79 Å². The van der Waals surface area contributed by atoms with E-state index < -0.39 is 5.54 Å². The average Bonchev–Trinajstić information content (AvgIpc) is 2.45. The molecule has 1 fully saturated rings. The molecule has 7 heteroatoms. The van der Waals surface area contributed by atoms with Gasteiger partial charge in [-0.05, 0) is 30.5 Å². The zero-order valence-electron chi connectivity index (χ0n) is 11.9. The largest absolute Gasteiger partial charge is 0.495 e. The second kappa shape index (κ2) is 7.84. The molecule has 0 radical (unpaired) electrons. The van der Waals surface area contributed by atoms with E-state index in [2.05, 4.69) is 5.32 Å². The van der Waals surface area contributed by atoms with Gasteiger partial charge in [0, 0.05) is 19.8 Å². The van der Waals surface area contributed by atoms with Crippen molar-refractivity contribution in [1.29, 1.82) is 0 Å². The van der Waals surface area contributed by atoms with Crippen LogP contribution in [0.25, 0.3) is 0 Å². The summed E-state index contributed by atoms with van der Waals surface area (Å²) in [6.45, 7) is 1.44. The lowest BCUT2D eigenvalue weighted by atomic mass is 9.90. The van der Waals surface area contributed by atoms with Crippen molar-refractivity contribution in [3.63, 3.8) is 0 Å². The van der Waals surface area contributed by atoms with Crippen molar-refractivity contribution in [2.24, 2.45) is 5.73 Å². The standard InChI is InChI=1S/C14H19ClN2O3.ClH/c1-19-12-3-2-10(8-11(12)15)9-17-13(18)14(16)4-6-20-7-5-14;/h2-3,8H,4-7,9,16H2,1H3,(H,17,18);1H. The monoisotopic (exact) mass is 334 g/mol. The quantitative estimate of drug-likeness (QED) is 0.881. The van der Waals surface area contributed by atoms with Gasteiger partial charge in [-0.2, -0.15) is 0 Å². The number of benzene rings is 1. The van der Waals surface area contributed by atoms with Crippen LogP contribution in [0.2, 0.25) is 5.02 Å². The van der Waals surface area contributed by atoms with Gasteiger partial charge in [0.2, 0.25) is 5.91 Å². The molecular weight excluding hydrogens is 315 g/mol. The first-order chi connectivity index (χ1) is 9.55. The Morgan fingerprint density at radius 1 is 1.48 bits per heavy atom. The number of ether oxygens (including phenoxy) is 2. The average molecular weight is 335 g/mol. The molecule has 1 heterocycles. The van der Waals surface area contributed by atoms with E-state index in [1.165, 1.54) is 0 Å². The number of halogens is 2. The molecule has 1 aromatic rings. The molecule has 0 spiro atoms. The molecule has 3 N–H and O–H groups in total. The molecule has 0 aliphatic carbocycles. The molecule has 0 saturated carbocycles. The van der Waals surface area contributed by atoms with Crippen molar-refractivity contribution in [2.75, 3.05) is 20.3 Å². The van der Waals surface area contributed by atoms with E-state index in [-0.39, 0.29) is 18.3 Å². The third kappa shape index (κ3) is 4.48. The number of amides is 1. The van der Waals surface area contributed by atoms with E-state index in [9.17, 15) is 4.79 Å². The fourth-order valence-electron chi connectivity index (χ4n) is 2.14. The summed E-state index contributed by atoms with van der Waals surface area (Å²) in [5.74, 6) is 0.467. The highest BCUT2D eigenvalue weighted by Crippen LogP contribution is 2.25. The second-order valence-corrected chi connectivity index (χ2v) is 5.33. The molecule has 2 rings (SSSR count). The van der Waals surface area contributed by atoms with E-state index in [1.54, 1.807) is 19.2 Å². The van der Waals surface area contributed by atoms with Crippen LogP contribution in [0, 0.1) is 0 Å². The number of carbonyl (C=O) groups is 1. The second-order valence-electron chi connectivity index (χ2n) is 4.92. The van der Waals surface area contributed by atoms with Crippen molar-refractivity contribution in [3.05, 3.63) is 28.8 Å². The molecule has 118 valence electrons. The Balaban J connectivity index is 0.00000220. The highest BCUT2D eigenvalue weighted by molar-refractivity contribution is 6.32.